The highest BCUT2D eigenvalue weighted by Gasteiger charge is 2.16. The number of aromatic amines is 1. The minimum absolute atomic E-state index is 0.238. The van der Waals surface area contributed by atoms with E-state index in [1.165, 1.54) is 7.11 Å². The molecule has 0 aliphatic heterocycles. The zero-order chi connectivity index (χ0) is 15.5. The highest BCUT2D eigenvalue weighted by atomic mass is 16.5. The standard InChI is InChI=1S/C18H17NO3/c1-21-13-9-7-12(8-10-13)18-15(11-17(20)22-2)14-5-3-4-6-16(14)19-18/h3-10,19H,11H2,1-2H3. The Labute approximate surface area is 128 Å². The fourth-order valence-electron chi connectivity index (χ4n) is 2.60. The second-order valence-corrected chi connectivity index (χ2v) is 5.01. The third-order valence-corrected chi connectivity index (χ3v) is 3.74. The molecule has 3 aromatic rings. The molecule has 0 amide bonds. The lowest BCUT2D eigenvalue weighted by Gasteiger charge is -2.06. The highest BCUT2D eigenvalue weighted by Crippen LogP contribution is 2.31. The van der Waals surface area contributed by atoms with E-state index in [-0.39, 0.29) is 12.4 Å². The van der Waals surface area contributed by atoms with Crippen LogP contribution >= 0.6 is 0 Å². The Morgan fingerprint density at radius 3 is 2.45 bits per heavy atom. The third-order valence-electron chi connectivity index (χ3n) is 3.74. The van der Waals surface area contributed by atoms with Gasteiger partial charge in [0.1, 0.15) is 5.75 Å². The van der Waals surface area contributed by atoms with Crippen LogP contribution in [0.4, 0.5) is 0 Å². The molecule has 0 saturated heterocycles. The zero-order valence-corrected chi connectivity index (χ0v) is 12.6. The fraction of sp³-hybridized carbons (Fsp3) is 0.167. The smallest absolute Gasteiger partial charge is 0.310 e. The lowest BCUT2D eigenvalue weighted by molar-refractivity contribution is -0.139. The number of esters is 1. The summed E-state index contributed by atoms with van der Waals surface area (Å²) in [4.78, 5) is 15.1. The Balaban J connectivity index is 2.14. The van der Waals surface area contributed by atoms with Crippen molar-refractivity contribution >= 4 is 16.9 Å². The van der Waals surface area contributed by atoms with E-state index >= 15 is 0 Å². The zero-order valence-electron chi connectivity index (χ0n) is 12.6. The topological polar surface area (TPSA) is 51.3 Å². The van der Waals surface area contributed by atoms with Gasteiger partial charge in [-0.3, -0.25) is 4.79 Å². The first-order chi connectivity index (χ1) is 10.7. The van der Waals surface area contributed by atoms with Gasteiger partial charge in [0.05, 0.1) is 26.3 Å². The molecule has 0 unspecified atom stereocenters. The molecule has 2 aromatic carbocycles. The van der Waals surface area contributed by atoms with E-state index in [0.29, 0.717) is 0 Å². The third kappa shape index (κ3) is 2.55. The van der Waals surface area contributed by atoms with Crippen molar-refractivity contribution in [3.8, 4) is 17.0 Å². The summed E-state index contributed by atoms with van der Waals surface area (Å²) in [7, 11) is 3.05. The molecule has 22 heavy (non-hydrogen) atoms. The van der Waals surface area contributed by atoms with Crippen LogP contribution in [0.25, 0.3) is 22.2 Å². The summed E-state index contributed by atoms with van der Waals surface area (Å²) in [6.45, 7) is 0. The number of aromatic nitrogens is 1. The summed E-state index contributed by atoms with van der Waals surface area (Å²) in [5.41, 5.74) is 3.91. The highest BCUT2D eigenvalue weighted by molar-refractivity contribution is 5.94. The number of methoxy groups -OCH3 is 2. The Bertz CT molecular complexity index is 803. The predicted octanol–water partition coefficient (Wildman–Crippen LogP) is 3.56. The number of ether oxygens (including phenoxy) is 2. The first kappa shape index (κ1) is 14.2. The second-order valence-electron chi connectivity index (χ2n) is 5.01. The van der Waals surface area contributed by atoms with E-state index in [1.54, 1.807) is 7.11 Å². The van der Waals surface area contributed by atoms with Crippen molar-refractivity contribution in [2.75, 3.05) is 14.2 Å². The molecule has 0 atom stereocenters. The van der Waals surface area contributed by atoms with Crippen molar-refractivity contribution in [3.63, 3.8) is 0 Å². The van der Waals surface area contributed by atoms with Gasteiger partial charge in [-0.25, -0.2) is 0 Å². The lowest BCUT2D eigenvalue weighted by Crippen LogP contribution is -2.05. The monoisotopic (exact) mass is 295 g/mol. The van der Waals surface area contributed by atoms with Gasteiger partial charge in [0, 0.05) is 10.9 Å². The number of H-pyrrole nitrogens is 1. The van der Waals surface area contributed by atoms with Gasteiger partial charge in [0.2, 0.25) is 0 Å². The van der Waals surface area contributed by atoms with Crippen LogP contribution in [0.5, 0.6) is 5.75 Å². The normalized spacial score (nSPS) is 10.6. The van der Waals surface area contributed by atoms with E-state index in [1.807, 2.05) is 48.5 Å². The second kappa shape index (κ2) is 5.93. The molecular formula is C18H17NO3. The largest absolute Gasteiger partial charge is 0.497 e. The quantitative estimate of drug-likeness (QED) is 0.749. The molecule has 0 aliphatic rings. The summed E-state index contributed by atoms with van der Waals surface area (Å²) in [5, 5.41) is 1.04. The van der Waals surface area contributed by atoms with Crippen LogP contribution in [0.1, 0.15) is 5.56 Å². The van der Waals surface area contributed by atoms with E-state index in [9.17, 15) is 4.79 Å². The molecule has 3 rings (SSSR count). The number of hydrogen-bond donors (Lipinski definition) is 1. The minimum atomic E-state index is -0.250. The van der Waals surface area contributed by atoms with Gasteiger partial charge in [0.25, 0.3) is 0 Å². The van der Waals surface area contributed by atoms with Gasteiger partial charge in [0.15, 0.2) is 0 Å². The summed E-state index contributed by atoms with van der Waals surface area (Å²) in [6.07, 6.45) is 0.238. The summed E-state index contributed by atoms with van der Waals surface area (Å²) in [5.74, 6) is 0.550. The fourth-order valence-corrected chi connectivity index (χ4v) is 2.60. The average Bonchev–Trinajstić information content (AvgIpc) is 2.93. The number of carbonyl (C=O) groups is 1. The van der Waals surface area contributed by atoms with Crippen LogP contribution in [-0.2, 0) is 16.0 Å². The number of rotatable bonds is 4. The molecule has 0 spiro atoms. The number of benzene rings is 2. The maximum atomic E-state index is 11.8. The number of carbonyl (C=O) groups excluding carboxylic acids is 1. The van der Waals surface area contributed by atoms with Gasteiger partial charge < -0.3 is 14.5 Å². The van der Waals surface area contributed by atoms with E-state index in [0.717, 1.165) is 33.5 Å². The molecular weight excluding hydrogens is 278 g/mol. The molecule has 0 saturated carbocycles. The Morgan fingerprint density at radius 1 is 1.05 bits per heavy atom. The van der Waals surface area contributed by atoms with E-state index in [2.05, 4.69) is 4.98 Å². The molecule has 0 bridgehead atoms. The molecule has 4 heteroatoms. The lowest BCUT2D eigenvalue weighted by atomic mass is 10.0. The average molecular weight is 295 g/mol. The van der Waals surface area contributed by atoms with Crippen LogP contribution < -0.4 is 4.74 Å². The summed E-state index contributed by atoms with van der Waals surface area (Å²) < 4.78 is 10.0. The van der Waals surface area contributed by atoms with E-state index < -0.39 is 0 Å². The van der Waals surface area contributed by atoms with Crippen LogP contribution in [0.15, 0.2) is 48.5 Å². The van der Waals surface area contributed by atoms with Crippen molar-refractivity contribution in [1.82, 2.24) is 4.98 Å². The molecule has 0 radical (unpaired) electrons. The van der Waals surface area contributed by atoms with Crippen molar-refractivity contribution in [2.24, 2.45) is 0 Å². The molecule has 4 nitrogen and oxygen atoms in total. The first-order valence-corrected chi connectivity index (χ1v) is 7.03. The van der Waals surface area contributed by atoms with Gasteiger partial charge >= 0.3 is 5.97 Å². The summed E-state index contributed by atoms with van der Waals surface area (Å²) >= 11 is 0. The molecule has 0 aliphatic carbocycles. The first-order valence-electron chi connectivity index (χ1n) is 7.03. The molecule has 1 aromatic heterocycles. The number of fused-ring (bicyclic) bond motifs is 1. The number of nitrogens with one attached hydrogen (secondary N) is 1. The van der Waals surface area contributed by atoms with Crippen LogP contribution in [0.3, 0.4) is 0 Å². The summed E-state index contributed by atoms with van der Waals surface area (Å²) in [6, 6.07) is 15.7. The maximum Gasteiger partial charge on any atom is 0.310 e. The van der Waals surface area contributed by atoms with Gasteiger partial charge in [-0.1, -0.05) is 18.2 Å². The Morgan fingerprint density at radius 2 is 1.77 bits per heavy atom. The molecule has 1 heterocycles. The van der Waals surface area contributed by atoms with Crippen LogP contribution in [0.2, 0.25) is 0 Å². The molecule has 112 valence electrons. The molecule has 0 fully saturated rings. The van der Waals surface area contributed by atoms with Gasteiger partial charge in [-0.15, -0.1) is 0 Å². The van der Waals surface area contributed by atoms with Crippen molar-refractivity contribution in [1.29, 1.82) is 0 Å². The van der Waals surface area contributed by atoms with Gasteiger partial charge in [-0.05, 0) is 41.5 Å². The van der Waals surface area contributed by atoms with E-state index in [4.69, 9.17) is 9.47 Å². The number of para-hydroxylation sites is 1. The maximum absolute atomic E-state index is 11.8. The van der Waals surface area contributed by atoms with Crippen molar-refractivity contribution in [3.05, 3.63) is 54.1 Å². The van der Waals surface area contributed by atoms with Crippen LogP contribution in [0, 0.1) is 0 Å². The van der Waals surface area contributed by atoms with Crippen molar-refractivity contribution in [2.45, 2.75) is 6.42 Å². The SMILES string of the molecule is COC(=O)Cc1c(-c2ccc(OC)cc2)[nH]c2ccccc12. The minimum Gasteiger partial charge on any atom is -0.497 e. The predicted molar refractivity (Wildman–Crippen MR) is 86.0 cm³/mol. The van der Waals surface area contributed by atoms with Crippen LogP contribution in [-0.4, -0.2) is 25.2 Å². The Kier molecular flexibility index (Phi) is 3.83. The molecule has 1 N–H and O–H groups in total. The Hall–Kier alpha value is -2.75. The number of hydrogen-bond acceptors (Lipinski definition) is 3. The van der Waals surface area contributed by atoms with Crippen molar-refractivity contribution < 1.29 is 14.3 Å². The van der Waals surface area contributed by atoms with Gasteiger partial charge in [-0.2, -0.15) is 0 Å².